The first-order valence-corrected chi connectivity index (χ1v) is 7.71. The number of amides is 1. The topological polar surface area (TPSA) is 75.6 Å². The second-order valence-electron chi connectivity index (χ2n) is 5.66. The predicted octanol–water partition coefficient (Wildman–Crippen LogP) is 3.28. The molecule has 0 bridgehead atoms. The van der Waals surface area contributed by atoms with Crippen molar-refractivity contribution in [3.8, 4) is 0 Å². The third-order valence-electron chi connectivity index (χ3n) is 3.76. The maximum Gasteiger partial charge on any atom is 0.306 e. The number of anilines is 1. The van der Waals surface area contributed by atoms with Gasteiger partial charge in [0.25, 0.3) is 5.91 Å². The molecular weight excluding hydrogens is 306 g/mol. The van der Waals surface area contributed by atoms with E-state index in [0.717, 1.165) is 11.1 Å². The van der Waals surface area contributed by atoms with Crippen molar-refractivity contribution in [2.45, 2.75) is 19.4 Å². The molecule has 2 unspecified atom stereocenters. The highest BCUT2D eigenvalue weighted by Gasteiger charge is 2.20. The Morgan fingerprint density at radius 2 is 1.71 bits per heavy atom. The number of carboxylic acids is 1. The van der Waals surface area contributed by atoms with E-state index in [4.69, 9.17) is 9.84 Å². The van der Waals surface area contributed by atoms with Gasteiger partial charge in [0.05, 0.1) is 5.92 Å². The van der Waals surface area contributed by atoms with Gasteiger partial charge in [-0.15, -0.1) is 0 Å². The van der Waals surface area contributed by atoms with E-state index >= 15 is 0 Å². The number of benzene rings is 2. The zero-order valence-corrected chi connectivity index (χ0v) is 13.7. The van der Waals surface area contributed by atoms with Crippen LogP contribution < -0.4 is 5.32 Å². The van der Waals surface area contributed by atoms with Crippen LogP contribution in [0.5, 0.6) is 0 Å². The molecule has 2 rings (SSSR count). The van der Waals surface area contributed by atoms with Gasteiger partial charge in [0.1, 0.15) is 0 Å². The van der Waals surface area contributed by atoms with E-state index in [1.54, 1.807) is 19.1 Å². The molecule has 5 nitrogen and oxygen atoms in total. The Kier molecular flexibility index (Phi) is 6.09. The number of aliphatic carboxylic acids is 1. The third-order valence-corrected chi connectivity index (χ3v) is 3.76. The quantitative estimate of drug-likeness (QED) is 0.818. The second kappa shape index (κ2) is 8.26. The Balaban J connectivity index is 2.02. The molecule has 0 saturated carbocycles. The lowest BCUT2D eigenvalue weighted by molar-refractivity contribution is -0.141. The summed E-state index contributed by atoms with van der Waals surface area (Å²) in [5.41, 5.74) is 2.34. The minimum absolute atomic E-state index is 0.254. The lowest BCUT2D eigenvalue weighted by Gasteiger charge is -2.16. The van der Waals surface area contributed by atoms with Crippen LogP contribution in [0.4, 0.5) is 5.69 Å². The van der Waals surface area contributed by atoms with Crippen LogP contribution in [0.3, 0.4) is 0 Å². The number of carboxylic acid groups (broad SMARTS) is 1. The van der Waals surface area contributed by atoms with Crippen molar-refractivity contribution < 1.29 is 19.4 Å². The zero-order chi connectivity index (χ0) is 17.5. The molecule has 1 amide bonds. The minimum atomic E-state index is -0.821. The highest BCUT2D eigenvalue weighted by atomic mass is 16.5. The van der Waals surface area contributed by atoms with Crippen molar-refractivity contribution in [1.29, 1.82) is 0 Å². The summed E-state index contributed by atoms with van der Waals surface area (Å²) in [4.78, 5) is 23.3. The van der Waals surface area contributed by atoms with E-state index in [1.807, 2.05) is 42.5 Å². The average Bonchev–Trinajstić information content (AvgIpc) is 2.58. The van der Waals surface area contributed by atoms with Crippen LogP contribution >= 0.6 is 0 Å². The molecule has 0 heterocycles. The van der Waals surface area contributed by atoms with Gasteiger partial charge in [-0.2, -0.15) is 0 Å². The molecule has 24 heavy (non-hydrogen) atoms. The van der Waals surface area contributed by atoms with Crippen LogP contribution in [0.1, 0.15) is 24.2 Å². The summed E-state index contributed by atoms with van der Waals surface area (Å²) in [5.74, 6) is -1.52. The summed E-state index contributed by atoms with van der Waals surface area (Å²) in [6, 6.07) is 16.4. The van der Waals surface area contributed by atoms with Crippen molar-refractivity contribution in [3.05, 3.63) is 65.7 Å². The van der Waals surface area contributed by atoms with E-state index in [0.29, 0.717) is 12.1 Å². The Labute approximate surface area is 141 Å². The maximum absolute atomic E-state index is 12.4. The van der Waals surface area contributed by atoms with Crippen molar-refractivity contribution in [2.24, 2.45) is 5.92 Å². The summed E-state index contributed by atoms with van der Waals surface area (Å²) in [5, 5.41) is 11.8. The molecule has 2 aromatic carbocycles. The molecular formula is C19H21NO4. The molecule has 0 aromatic heterocycles. The molecule has 0 fully saturated rings. The number of carbonyl (C=O) groups is 2. The number of ether oxygens (including phenoxy) is 1. The first kappa shape index (κ1) is 17.7. The van der Waals surface area contributed by atoms with E-state index in [2.05, 4.69) is 5.32 Å². The fraction of sp³-hybridized carbons (Fsp3) is 0.263. The molecule has 0 spiro atoms. The number of methoxy groups -OCH3 is 1. The van der Waals surface area contributed by atoms with Crippen LogP contribution in [0.25, 0.3) is 0 Å². The molecule has 0 aliphatic heterocycles. The maximum atomic E-state index is 12.4. The SMILES string of the molecule is COC(C(=O)Nc1ccc(CC(C)C(=O)O)cc1)c1ccccc1. The highest BCUT2D eigenvalue weighted by Crippen LogP contribution is 2.20. The number of nitrogens with one attached hydrogen (secondary N) is 1. The van der Waals surface area contributed by atoms with Crippen molar-refractivity contribution in [1.82, 2.24) is 0 Å². The fourth-order valence-electron chi connectivity index (χ4n) is 2.40. The zero-order valence-electron chi connectivity index (χ0n) is 13.7. The summed E-state index contributed by atoms with van der Waals surface area (Å²) in [6.45, 7) is 1.67. The standard InChI is InChI=1S/C19H21NO4/c1-13(19(22)23)12-14-8-10-16(11-9-14)20-18(21)17(24-2)15-6-4-3-5-7-15/h3-11,13,17H,12H2,1-2H3,(H,20,21)(H,22,23). The minimum Gasteiger partial charge on any atom is -0.481 e. The Morgan fingerprint density at radius 1 is 1.08 bits per heavy atom. The molecule has 2 N–H and O–H groups in total. The first-order valence-electron chi connectivity index (χ1n) is 7.71. The fourth-order valence-corrected chi connectivity index (χ4v) is 2.40. The Hall–Kier alpha value is -2.66. The molecule has 5 heteroatoms. The van der Waals surface area contributed by atoms with Crippen molar-refractivity contribution in [3.63, 3.8) is 0 Å². The molecule has 0 aliphatic carbocycles. The molecule has 2 aromatic rings. The van der Waals surface area contributed by atoms with Gasteiger partial charge >= 0.3 is 5.97 Å². The number of rotatable bonds is 7. The van der Waals surface area contributed by atoms with Crippen LogP contribution in [0.15, 0.2) is 54.6 Å². The summed E-state index contributed by atoms with van der Waals surface area (Å²) in [7, 11) is 1.49. The number of carbonyl (C=O) groups excluding carboxylic acids is 1. The monoisotopic (exact) mass is 327 g/mol. The summed E-state index contributed by atoms with van der Waals surface area (Å²) in [6.07, 6.45) is -0.230. The van der Waals surface area contributed by atoms with Gasteiger partial charge < -0.3 is 15.2 Å². The van der Waals surface area contributed by atoms with Crippen LogP contribution in [0, 0.1) is 5.92 Å². The Morgan fingerprint density at radius 3 is 2.25 bits per heavy atom. The van der Waals surface area contributed by atoms with E-state index in [1.165, 1.54) is 7.11 Å². The van der Waals surface area contributed by atoms with Gasteiger partial charge in [0.15, 0.2) is 6.10 Å². The van der Waals surface area contributed by atoms with Crippen molar-refractivity contribution in [2.75, 3.05) is 12.4 Å². The van der Waals surface area contributed by atoms with Gasteiger partial charge in [-0.05, 0) is 29.7 Å². The average molecular weight is 327 g/mol. The smallest absolute Gasteiger partial charge is 0.306 e. The number of hydrogen-bond acceptors (Lipinski definition) is 3. The van der Waals surface area contributed by atoms with Crippen molar-refractivity contribution >= 4 is 17.6 Å². The highest BCUT2D eigenvalue weighted by molar-refractivity contribution is 5.94. The van der Waals surface area contributed by atoms with Crippen LogP contribution in [-0.4, -0.2) is 24.1 Å². The van der Waals surface area contributed by atoms with E-state index < -0.39 is 18.0 Å². The molecule has 0 radical (unpaired) electrons. The van der Waals surface area contributed by atoms with Gasteiger partial charge in [0, 0.05) is 12.8 Å². The van der Waals surface area contributed by atoms with E-state index in [-0.39, 0.29) is 5.91 Å². The van der Waals surface area contributed by atoms with Gasteiger partial charge in [-0.3, -0.25) is 9.59 Å². The predicted molar refractivity (Wildman–Crippen MR) is 91.8 cm³/mol. The lowest BCUT2D eigenvalue weighted by atomic mass is 10.0. The van der Waals surface area contributed by atoms with Crippen LogP contribution in [0.2, 0.25) is 0 Å². The third kappa shape index (κ3) is 4.67. The van der Waals surface area contributed by atoms with Gasteiger partial charge in [0.2, 0.25) is 0 Å². The summed E-state index contributed by atoms with van der Waals surface area (Å²) >= 11 is 0. The largest absolute Gasteiger partial charge is 0.481 e. The van der Waals surface area contributed by atoms with Crippen LogP contribution in [-0.2, 0) is 20.7 Å². The normalized spacial score (nSPS) is 13.1. The Bertz CT molecular complexity index is 682. The summed E-state index contributed by atoms with van der Waals surface area (Å²) < 4.78 is 5.30. The van der Waals surface area contributed by atoms with E-state index in [9.17, 15) is 9.59 Å². The molecule has 0 aliphatic rings. The second-order valence-corrected chi connectivity index (χ2v) is 5.66. The molecule has 126 valence electrons. The van der Waals surface area contributed by atoms with Gasteiger partial charge in [-0.25, -0.2) is 0 Å². The van der Waals surface area contributed by atoms with Gasteiger partial charge in [-0.1, -0.05) is 49.4 Å². The lowest BCUT2D eigenvalue weighted by Crippen LogP contribution is -2.22. The molecule has 2 atom stereocenters. The number of hydrogen-bond donors (Lipinski definition) is 2. The first-order chi connectivity index (χ1) is 11.5. The molecule has 0 saturated heterocycles.